The van der Waals surface area contributed by atoms with Gasteiger partial charge >= 0.3 is 0 Å². The van der Waals surface area contributed by atoms with Crippen molar-refractivity contribution in [2.75, 3.05) is 11.9 Å². The van der Waals surface area contributed by atoms with Gasteiger partial charge in [-0.05, 0) is 55.3 Å². The van der Waals surface area contributed by atoms with Gasteiger partial charge in [-0.1, -0.05) is 36.4 Å². The second-order valence-corrected chi connectivity index (χ2v) is 9.41. The number of anilines is 1. The van der Waals surface area contributed by atoms with E-state index in [1.165, 1.54) is 6.07 Å². The Labute approximate surface area is 196 Å². The van der Waals surface area contributed by atoms with Gasteiger partial charge in [-0.3, -0.25) is 4.79 Å². The minimum absolute atomic E-state index is 0.0133. The molecule has 1 aromatic heterocycles. The lowest BCUT2D eigenvalue weighted by atomic mass is 10.1. The molecule has 0 unspecified atom stereocenters. The number of carbonyl (C=O) groups is 1. The van der Waals surface area contributed by atoms with Crippen molar-refractivity contribution < 1.29 is 17.9 Å². The number of nitrogens with one attached hydrogen (secondary N) is 2. The number of amides is 1. The van der Waals surface area contributed by atoms with Crippen LogP contribution >= 0.6 is 11.7 Å². The third kappa shape index (κ3) is 5.54. The molecule has 33 heavy (non-hydrogen) atoms. The highest BCUT2D eigenvalue weighted by Crippen LogP contribution is 2.22. The number of ether oxygens (including phenoxy) is 1. The summed E-state index contributed by atoms with van der Waals surface area (Å²) in [5.74, 6) is 0.206. The van der Waals surface area contributed by atoms with Crippen LogP contribution in [0.2, 0.25) is 0 Å². The highest BCUT2D eigenvalue weighted by atomic mass is 32.2. The van der Waals surface area contributed by atoms with Crippen molar-refractivity contribution in [3.05, 3.63) is 78.4 Å². The summed E-state index contributed by atoms with van der Waals surface area (Å²) in [7, 11) is -4.05. The van der Waals surface area contributed by atoms with E-state index in [0.29, 0.717) is 23.6 Å². The van der Waals surface area contributed by atoms with Crippen LogP contribution in [-0.2, 0) is 21.2 Å². The topological polar surface area (TPSA) is 110 Å². The maximum absolute atomic E-state index is 13.2. The molecular formula is C23H22N4O4S2. The predicted molar refractivity (Wildman–Crippen MR) is 128 cm³/mol. The monoisotopic (exact) mass is 482 g/mol. The molecule has 1 heterocycles. The van der Waals surface area contributed by atoms with Crippen LogP contribution in [0, 0.1) is 0 Å². The van der Waals surface area contributed by atoms with Crippen molar-refractivity contribution in [2.45, 2.75) is 24.3 Å². The average Bonchev–Trinajstić information content (AvgIpc) is 3.29. The smallest absolute Gasteiger partial charge is 0.243 e. The predicted octanol–water partition coefficient (Wildman–Crippen LogP) is 3.62. The van der Waals surface area contributed by atoms with Crippen molar-refractivity contribution in [3.8, 4) is 5.75 Å². The minimum atomic E-state index is -4.05. The molecule has 4 aromatic rings. The fraction of sp³-hybridized carbons (Fsp3) is 0.174. The van der Waals surface area contributed by atoms with E-state index >= 15 is 0 Å². The standard InChI is InChI=1S/C23H22N4O4S2/c1-2-31-18-13-11-17(12-14-18)24-23(28)20(15-16-7-4-3-5-8-16)27-33(29,30)21-10-6-9-19-22(21)26-32-25-19/h3-14,20,27H,2,15H2,1H3,(H,24,28)/t20-/m1/s1. The zero-order chi connectivity index (χ0) is 23.3. The lowest BCUT2D eigenvalue weighted by molar-refractivity contribution is -0.117. The summed E-state index contributed by atoms with van der Waals surface area (Å²) >= 11 is 0.936. The van der Waals surface area contributed by atoms with E-state index in [-0.39, 0.29) is 16.8 Å². The number of carbonyl (C=O) groups excluding carboxylic acids is 1. The van der Waals surface area contributed by atoms with Crippen LogP contribution in [0.5, 0.6) is 5.75 Å². The molecule has 8 nitrogen and oxygen atoms in total. The maximum atomic E-state index is 13.2. The van der Waals surface area contributed by atoms with Gasteiger partial charge in [0, 0.05) is 5.69 Å². The van der Waals surface area contributed by atoms with Crippen molar-refractivity contribution in [2.24, 2.45) is 0 Å². The third-order valence-corrected chi connectivity index (χ3v) is 6.91. The molecular weight excluding hydrogens is 460 g/mol. The van der Waals surface area contributed by atoms with Gasteiger partial charge in [0.15, 0.2) is 0 Å². The minimum Gasteiger partial charge on any atom is -0.494 e. The van der Waals surface area contributed by atoms with Crippen molar-refractivity contribution in [1.82, 2.24) is 13.5 Å². The summed E-state index contributed by atoms with van der Waals surface area (Å²) in [6, 6.07) is 19.8. The molecule has 1 atom stereocenters. The van der Waals surface area contributed by atoms with Crippen LogP contribution in [0.1, 0.15) is 12.5 Å². The molecule has 0 aliphatic carbocycles. The maximum Gasteiger partial charge on any atom is 0.243 e. The van der Waals surface area contributed by atoms with Gasteiger partial charge in [-0.25, -0.2) is 8.42 Å². The van der Waals surface area contributed by atoms with Crippen LogP contribution in [0.15, 0.2) is 77.7 Å². The highest BCUT2D eigenvalue weighted by molar-refractivity contribution is 7.89. The Morgan fingerprint density at radius 3 is 2.48 bits per heavy atom. The van der Waals surface area contributed by atoms with Gasteiger partial charge < -0.3 is 10.1 Å². The van der Waals surface area contributed by atoms with Crippen molar-refractivity contribution in [3.63, 3.8) is 0 Å². The van der Waals surface area contributed by atoms with E-state index < -0.39 is 22.0 Å². The van der Waals surface area contributed by atoms with Gasteiger partial charge in [-0.2, -0.15) is 13.5 Å². The summed E-state index contributed by atoms with van der Waals surface area (Å²) in [6.07, 6.45) is 0.175. The summed E-state index contributed by atoms with van der Waals surface area (Å²) in [5.41, 5.74) is 2.12. The fourth-order valence-electron chi connectivity index (χ4n) is 3.32. The molecule has 0 aliphatic heterocycles. The van der Waals surface area contributed by atoms with Gasteiger partial charge in [0.1, 0.15) is 27.7 Å². The molecule has 0 aliphatic rings. The van der Waals surface area contributed by atoms with E-state index in [4.69, 9.17) is 4.74 Å². The first-order valence-electron chi connectivity index (χ1n) is 10.3. The molecule has 1 amide bonds. The number of hydrogen-bond acceptors (Lipinski definition) is 7. The number of hydrogen-bond donors (Lipinski definition) is 2. The SMILES string of the molecule is CCOc1ccc(NC(=O)[C@@H](Cc2ccccc2)NS(=O)(=O)c2cccc3nsnc23)cc1. The number of benzene rings is 3. The third-order valence-electron chi connectivity index (χ3n) is 4.87. The first-order valence-corrected chi connectivity index (χ1v) is 12.5. The first kappa shape index (κ1) is 22.8. The number of nitrogens with zero attached hydrogens (tertiary/aromatic N) is 2. The zero-order valence-corrected chi connectivity index (χ0v) is 19.4. The zero-order valence-electron chi connectivity index (χ0n) is 17.8. The molecule has 0 saturated carbocycles. The second kappa shape index (κ2) is 10.1. The highest BCUT2D eigenvalue weighted by Gasteiger charge is 2.28. The van der Waals surface area contributed by atoms with Gasteiger partial charge in [0.2, 0.25) is 15.9 Å². The van der Waals surface area contributed by atoms with Gasteiger partial charge in [-0.15, -0.1) is 0 Å². The lowest BCUT2D eigenvalue weighted by Gasteiger charge is -2.19. The summed E-state index contributed by atoms with van der Waals surface area (Å²) in [4.78, 5) is 13.1. The lowest BCUT2D eigenvalue weighted by Crippen LogP contribution is -2.45. The fourth-order valence-corrected chi connectivity index (χ4v) is 5.28. The summed E-state index contributed by atoms with van der Waals surface area (Å²) < 4.78 is 42.7. The van der Waals surface area contributed by atoms with Crippen molar-refractivity contribution in [1.29, 1.82) is 0 Å². The molecule has 10 heteroatoms. The molecule has 0 radical (unpaired) electrons. The largest absolute Gasteiger partial charge is 0.494 e. The van der Waals surface area contributed by atoms with Crippen LogP contribution < -0.4 is 14.8 Å². The Kier molecular flexibility index (Phi) is 6.97. The van der Waals surface area contributed by atoms with E-state index in [1.54, 1.807) is 36.4 Å². The molecule has 3 aromatic carbocycles. The van der Waals surface area contributed by atoms with Crippen LogP contribution in [0.25, 0.3) is 11.0 Å². The molecule has 4 rings (SSSR count). The average molecular weight is 483 g/mol. The summed E-state index contributed by atoms with van der Waals surface area (Å²) in [6.45, 7) is 2.42. The Balaban J connectivity index is 1.60. The molecule has 0 bridgehead atoms. The van der Waals surface area contributed by atoms with Crippen LogP contribution in [0.4, 0.5) is 5.69 Å². The number of aromatic nitrogens is 2. The Bertz CT molecular complexity index is 1340. The van der Waals surface area contributed by atoms with Gasteiger partial charge in [0.05, 0.1) is 18.3 Å². The molecule has 0 spiro atoms. The van der Waals surface area contributed by atoms with Crippen LogP contribution in [0.3, 0.4) is 0 Å². The molecule has 170 valence electrons. The van der Waals surface area contributed by atoms with E-state index in [1.807, 2.05) is 37.3 Å². The number of rotatable bonds is 9. The Morgan fingerprint density at radius 1 is 1.00 bits per heavy atom. The quantitative estimate of drug-likeness (QED) is 0.377. The number of sulfonamides is 1. The summed E-state index contributed by atoms with van der Waals surface area (Å²) in [5, 5.41) is 2.79. The molecule has 0 saturated heterocycles. The van der Waals surface area contributed by atoms with Crippen LogP contribution in [-0.4, -0.2) is 35.7 Å². The van der Waals surface area contributed by atoms with Gasteiger partial charge in [0.25, 0.3) is 0 Å². The van der Waals surface area contributed by atoms with E-state index in [0.717, 1.165) is 17.3 Å². The molecule has 2 N–H and O–H groups in total. The van der Waals surface area contributed by atoms with E-state index in [9.17, 15) is 13.2 Å². The Hall–Kier alpha value is -3.34. The second-order valence-electron chi connectivity index (χ2n) is 7.20. The number of fused-ring (bicyclic) bond motifs is 1. The normalized spacial score (nSPS) is 12.4. The van der Waals surface area contributed by atoms with E-state index in [2.05, 4.69) is 18.8 Å². The molecule has 0 fully saturated rings. The first-order chi connectivity index (χ1) is 16.0. The Morgan fingerprint density at radius 2 is 1.76 bits per heavy atom. The van der Waals surface area contributed by atoms with Crippen molar-refractivity contribution >= 4 is 44.4 Å².